The number of anilines is 1. The van der Waals surface area contributed by atoms with E-state index in [0.717, 1.165) is 10.5 Å². The highest BCUT2D eigenvalue weighted by Crippen LogP contribution is 2.24. The monoisotopic (exact) mass is 272 g/mol. The predicted molar refractivity (Wildman–Crippen MR) is 71.2 cm³/mol. The molecule has 0 atom stereocenters. The third kappa shape index (κ3) is 2.00. The van der Waals surface area contributed by atoms with Crippen molar-refractivity contribution in [3.8, 4) is 0 Å². The Morgan fingerprint density at radius 3 is 2.63 bits per heavy atom. The van der Waals surface area contributed by atoms with Crippen molar-refractivity contribution in [1.29, 1.82) is 0 Å². The molecule has 0 unspecified atom stereocenters. The number of aromatic nitrogens is 1. The van der Waals surface area contributed by atoms with Gasteiger partial charge in [0.1, 0.15) is 5.82 Å². The molecule has 1 aliphatic rings. The van der Waals surface area contributed by atoms with Crippen LogP contribution in [0.25, 0.3) is 0 Å². The van der Waals surface area contributed by atoms with Crippen LogP contribution in [0.3, 0.4) is 0 Å². The molecule has 0 bridgehead atoms. The molecule has 1 aliphatic heterocycles. The molecular weight excluding hydrogens is 264 g/mol. The first-order chi connectivity index (χ1) is 9.16. The van der Waals surface area contributed by atoms with Crippen molar-refractivity contribution >= 4 is 29.2 Å². The van der Waals surface area contributed by atoms with Crippen LogP contribution in [0.2, 0.25) is 5.02 Å². The van der Waals surface area contributed by atoms with Crippen LogP contribution in [-0.2, 0) is 11.2 Å². The number of hydrogen-bond donors (Lipinski definition) is 0. The Bertz CT molecular complexity index is 667. The number of nitrogens with zero attached hydrogens (tertiary/aromatic N) is 2. The predicted octanol–water partition coefficient (Wildman–Crippen LogP) is 2.46. The zero-order chi connectivity index (χ0) is 13.4. The molecule has 0 fully saturated rings. The summed E-state index contributed by atoms with van der Waals surface area (Å²) < 4.78 is 0. The van der Waals surface area contributed by atoms with Crippen LogP contribution in [0.5, 0.6) is 0 Å². The van der Waals surface area contributed by atoms with E-state index in [9.17, 15) is 9.59 Å². The summed E-state index contributed by atoms with van der Waals surface area (Å²) in [7, 11) is 0. The molecule has 1 aromatic carbocycles. The summed E-state index contributed by atoms with van der Waals surface area (Å²) in [5.41, 5.74) is 1.29. The van der Waals surface area contributed by atoms with E-state index in [1.165, 1.54) is 6.20 Å². The van der Waals surface area contributed by atoms with E-state index in [-0.39, 0.29) is 18.2 Å². The molecule has 0 N–H and O–H groups in total. The smallest absolute Gasteiger partial charge is 0.266 e. The van der Waals surface area contributed by atoms with Crippen LogP contribution in [0, 0.1) is 0 Å². The van der Waals surface area contributed by atoms with Crippen LogP contribution < -0.4 is 4.90 Å². The van der Waals surface area contributed by atoms with Crippen LogP contribution in [0.1, 0.15) is 15.9 Å². The van der Waals surface area contributed by atoms with E-state index in [2.05, 4.69) is 4.98 Å². The summed E-state index contributed by atoms with van der Waals surface area (Å²) in [5.74, 6) is -0.325. The fourth-order valence-corrected chi connectivity index (χ4v) is 2.20. The minimum atomic E-state index is -0.346. The lowest BCUT2D eigenvalue weighted by atomic mass is 9.98. The number of rotatable bonds is 1. The second-order valence-corrected chi connectivity index (χ2v) is 4.64. The topological polar surface area (TPSA) is 50.3 Å². The van der Waals surface area contributed by atoms with Crippen molar-refractivity contribution in [3.05, 3.63) is 58.7 Å². The molecule has 5 heteroatoms. The van der Waals surface area contributed by atoms with Gasteiger partial charge in [-0.15, -0.1) is 0 Å². The molecule has 2 aromatic rings. The molecule has 0 saturated carbocycles. The van der Waals surface area contributed by atoms with Crippen LogP contribution in [-0.4, -0.2) is 16.8 Å². The number of carbonyl (C=O) groups is 2. The molecule has 0 aliphatic carbocycles. The summed E-state index contributed by atoms with van der Waals surface area (Å²) in [6.07, 6.45) is 1.62. The van der Waals surface area contributed by atoms with Gasteiger partial charge in [-0.3, -0.25) is 9.59 Å². The Kier molecular flexibility index (Phi) is 2.80. The van der Waals surface area contributed by atoms with E-state index in [0.29, 0.717) is 16.4 Å². The molecule has 94 valence electrons. The molecule has 19 heavy (non-hydrogen) atoms. The van der Waals surface area contributed by atoms with E-state index >= 15 is 0 Å². The number of amides is 2. The number of benzene rings is 1. The van der Waals surface area contributed by atoms with Crippen LogP contribution in [0.15, 0.2) is 42.6 Å². The average molecular weight is 273 g/mol. The van der Waals surface area contributed by atoms with Crippen molar-refractivity contribution in [3.63, 3.8) is 0 Å². The second-order valence-electron chi connectivity index (χ2n) is 4.20. The van der Waals surface area contributed by atoms with E-state index in [1.807, 2.05) is 6.07 Å². The van der Waals surface area contributed by atoms with E-state index in [1.54, 1.807) is 30.3 Å². The Hall–Kier alpha value is -2.20. The Labute approximate surface area is 114 Å². The number of carbonyl (C=O) groups excluding carboxylic acids is 2. The van der Waals surface area contributed by atoms with Gasteiger partial charge in [0.25, 0.3) is 5.91 Å². The Balaban J connectivity index is 2.06. The number of halogens is 1. The van der Waals surface area contributed by atoms with Gasteiger partial charge in [-0.2, -0.15) is 0 Å². The summed E-state index contributed by atoms with van der Waals surface area (Å²) in [5, 5.41) is 0.459. The standard InChI is InChI=1S/C14H9ClN2O2/c15-10-5-6-12(16-8-10)17-13(18)7-9-3-1-2-4-11(9)14(17)19/h1-6,8H,7H2. The summed E-state index contributed by atoms with van der Waals surface area (Å²) in [4.78, 5) is 29.6. The molecule has 4 nitrogen and oxygen atoms in total. The third-order valence-corrected chi connectivity index (χ3v) is 3.21. The Morgan fingerprint density at radius 2 is 1.89 bits per heavy atom. The fraction of sp³-hybridized carbons (Fsp3) is 0.0714. The van der Waals surface area contributed by atoms with Crippen LogP contribution in [0.4, 0.5) is 5.82 Å². The number of pyridine rings is 1. The van der Waals surface area contributed by atoms with Gasteiger partial charge in [-0.1, -0.05) is 29.8 Å². The van der Waals surface area contributed by atoms with Crippen molar-refractivity contribution in [2.24, 2.45) is 0 Å². The Morgan fingerprint density at radius 1 is 1.11 bits per heavy atom. The first-order valence-electron chi connectivity index (χ1n) is 5.73. The maximum atomic E-state index is 12.3. The minimum Gasteiger partial charge on any atom is -0.274 e. The van der Waals surface area contributed by atoms with Gasteiger partial charge < -0.3 is 0 Å². The van der Waals surface area contributed by atoms with Gasteiger partial charge in [0.15, 0.2) is 0 Å². The highest BCUT2D eigenvalue weighted by molar-refractivity contribution is 6.30. The number of hydrogen-bond acceptors (Lipinski definition) is 3. The second kappa shape index (κ2) is 4.48. The van der Waals surface area contributed by atoms with Gasteiger partial charge in [0.2, 0.25) is 5.91 Å². The van der Waals surface area contributed by atoms with Gasteiger partial charge in [0, 0.05) is 11.8 Å². The van der Waals surface area contributed by atoms with E-state index in [4.69, 9.17) is 11.6 Å². The molecule has 3 rings (SSSR count). The number of fused-ring (bicyclic) bond motifs is 1. The van der Waals surface area contributed by atoms with Crippen molar-refractivity contribution < 1.29 is 9.59 Å². The maximum absolute atomic E-state index is 12.3. The molecule has 0 saturated heterocycles. The van der Waals surface area contributed by atoms with Crippen molar-refractivity contribution in [2.45, 2.75) is 6.42 Å². The first kappa shape index (κ1) is 11.9. The third-order valence-electron chi connectivity index (χ3n) is 2.98. The van der Waals surface area contributed by atoms with Gasteiger partial charge >= 0.3 is 0 Å². The summed E-state index contributed by atoms with van der Waals surface area (Å²) in [6.45, 7) is 0. The summed E-state index contributed by atoms with van der Waals surface area (Å²) >= 11 is 5.75. The quantitative estimate of drug-likeness (QED) is 0.750. The lowest BCUT2D eigenvalue weighted by molar-refractivity contribution is -0.117. The fourth-order valence-electron chi connectivity index (χ4n) is 2.09. The zero-order valence-corrected chi connectivity index (χ0v) is 10.6. The highest BCUT2D eigenvalue weighted by atomic mass is 35.5. The first-order valence-corrected chi connectivity index (χ1v) is 6.11. The van der Waals surface area contributed by atoms with Crippen molar-refractivity contribution in [2.75, 3.05) is 4.90 Å². The van der Waals surface area contributed by atoms with Gasteiger partial charge in [0.05, 0.1) is 11.4 Å². The molecule has 2 heterocycles. The van der Waals surface area contributed by atoms with Gasteiger partial charge in [-0.25, -0.2) is 9.88 Å². The lowest BCUT2D eigenvalue weighted by Gasteiger charge is -2.25. The maximum Gasteiger partial charge on any atom is 0.266 e. The lowest BCUT2D eigenvalue weighted by Crippen LogP contribution is -2.42. The molecule has 0 radical (unpaired) electrons. The van der Waals surface area contributed by atoms with E-state index < -0.39 is 0 Å². The summed E-state index contributed by atoms with van der Waals surface area (Å²) in [6, 6.07) is 10.3. The van der Waals surface area contributed by atoms with Crippen LogP contribution >= 0.6 is 11.6 Å². The molecule has 0 spiro atoms. The van der Waals surface area contributed by atoms with Crippen molar-refractivity contribution in [1.82, 2.24) is 4.98 Å². The normalized spacial score (nSPS) is 14.5. The molecule has 1 aromatic heterocycles. The molecular formula is C14H9ClN2O2. The number of imide groups is 1. The van der Waals surface area contributed by atoms with Gasteiger partial charge in [-0.05, 0) is 23.8 Å². The largest absolute Gasteiger partial charge is 0.274 e. The SMILES string of the molecule is O=C1Cc2ccccc2C(=O)N1c1ccc(Cl)cn1. The highest BCUT2D eigenvalue weighted by Gasteiger charge is 2.32. The average Bonchev–Trinajstić information content (AvgIpc) is 2.41. The zero-order valence-electron chi connectivity index (χ0n) is 9.84. The molecule has 2 amide bonds. The minimum absolute atomic E-state index is 0.201.